The zero-order chi connectivity index (χ0) is 26.4. The molecular weight excluding hydrogens is 470 g/mol. The van der Waals surface area contributed by atoms with Crippen LogP contribution in [0, 0.1) is 0 Å². The number of aliphatic hydroxyl groups is 1. The summed E-state index contributed by atoms with van der Waals surface area (Å²) in [7, 11) is 3.86. The number of carbonyl (C=O) groups is 2. The van der Waals surface area contributed by atoms with Gasteiger partial charge in [-0.25, -0.2) is 20.1 Å². The Morgan fingerprint density at radius 2 is 2.00 bits per heavy atom. The van der Waals surface area contributed by atoms with Crippen LogP contribution >= 0.6 is 0 Å². The average Bonchev–Trinajstić information content (AvgIpc) is 3.20. The molecule has 0 spiro atoms. The smallest absolute Gasteiger partial charge is 0.343 e. The molecule has 190 valence electrons. The van der Waals surface area contributed by atoms with Crippen LogP contribution in [0.25, 0.3) is 22.3 Å². The summed E-state index contributed by atoms with van der Waals surface area (Å²) in [6.07, 6.45) is 0.104. The topological polar surface area (TPSA) is 180 Å². The summed E-state index contributed by atoms with van der Waals surface area (Å²) in [6, 6.07) is 6.11. The molecule has 0 saturated carbocycles. The Morgan fingerprint density at radius 1 is 1.31 bits per heavy atom. The van der Waals surface area contributed by atoms with Gasteiger partial charge in [-0.1, -0.05) is 6.92 Å². The standard InChI is InChI=1S/C23H23N3O5.CH4N2O2/c1-4-23(30)16-8-18-20-12(9-26(18)21(28)15(16)11-31-22(23)29)7-13-14(10-25(2)3)19(27)6-5-17(13)24-20;2-1(4)3-5/h5-8,27,30H,4,9-11H2,1-3H3;5H,(H3,2,3,4)/t23-;/m0./s1. The van der Waals surface area contributed by atoms with Crippen molar-refractivity contribution in [3.63, 3.8) is 0 Å². The summed E-state index contributed by atoms with van der Waals surface area (Å²) < 4.78 is 6.71. The van der Waals surface area contributed by atoms with Crippen LogP contribution < -0.4 is 16.8 Å². The van der Waals surface area contributed by atoms with Crippen LogP contribution in [0.5, 0.6) is 5.75 Å². The molecule has 2 aliphatic rings. The summed E-state index contributed by atoms with van der Waals surface area (Å²) in [5, 5.41) is 29.6. The summed E-state index contributed by atoms with van der Waals surface area (Å²) in [5.74, 6) is -0.532. The molecule has 6 N–H and O–H groups in total. The van der Waals surface area contributed by atoms with E-state index < -0.39 is 17.6 Å². The third-order valence-electron chi connectivity index (χ3n) is 6.36. The molecule has 2 aromatic heterocycles. The number of carbonyl (C=O) groups excluding carboxylic acids is 2. The second-order valence-corrected chi connectivity index (χ2v) is 8.94. The van der Waals surface area contributed by atoms with Crippen LogP contribution in [-0.2, 0) is 34.8 Å². The van der Waals surface area contributed by atoms with E-state index >= 15 is 0 Å². The van der Waals surface area contributed by atoms with E-state index in [-0.39, 0.29) is 24.3 Å². The largest absolute Gasteiger partial charge is 0.508 e. The number of aromatic nitrogens is 2. The van der Waals surface area contributed by atoms with Crippen molar-refractivity contribution in [2.75, 3.05) is 14.1 Å². The second kappa shape index (κ2) is 9.22. The Bertz CT molecular complexity index is 1450. The number of rotatable bonds is 3. The van der Waals surface area contributed by atoms with Crippen LogP contribution in [0.15, 0.2) is 29.1 Å². The first kappa shape index (κ1) is 25.1. The lowest BCUT2D eigenvalue weighted by molar-refractivity contribution is -0.172. The van der Waals surface area contributed by atoms with Gasteiger partial charge in [-0.3, -0.25) is 10.0 Å². The highest BCUT2D eigenvalue weighted by atomic mass is 16.6. The Morgan fingerprint density at radius 3 is 2.61 bits per heavy atom. The molecule has 2 aliphatic heterocycles. The van der Waals surface area contributed by atoms with Crippen LogP contribution in [-0.4, -0.2) is 56.0 Å². The number of benzene rings is 1. The first-order chi connectivity index (χ1) is 17.0. The molecule has 0 unspecified atom stereocenters. The van der Waals surface area contributed by atoms with Gasteiger partial charge in [0.05, 0.1) is 29.0 Å². The predicted molar refractivity (Wildman–Crippen MR) is 128 cm³/mol. The van der Waals surface area contributed by atoms with E-state index in [1.165, 1.54) is 5.48 Å². The summed E-state index contributed by atoms with van der Waals surface area (Å²) >= 11 is 0. The van der Waals surface area contributed by atoms with Crippen molar-refractivity contribution in [1.29, 1.82) is 0 Å². The zero-order valence-electron chi connectivity index (χ0n) is 20.0. The number of cyclic esters (lactones) is 1. The van der Waals surface area contributed by atoms with Gasteiger partial charge in [-0.05, 0) is 44.8 Å². The van der Waals surface area contributed by atoms with Crippen molar-refractivity contribution in [2.24, 2.45) is 5.73 Å². The second-order valence-electron chi connectivity index (χ2n) is 8.94. The fourth-order valence-corrected chi connectivity index (χ4v) is 4.58. The lowest BCUT2D eigenvalue weighted by Crippen LogP contribution is -2.44. The van der Waals surface area contributed by atoms with Crippen molar-refractivity contribution in [1.82, 2.24) is 19.9 Å². The predicted octanol–water partition coefficient (Wildman–Crippen LogP) is 0.891. The van der Waals surface area contributed by atoms with E-state index in [0.29, 0.717) is 41.1 Å². The summed E-state index contributed by atoms with van der Waals surface area (Å²) in [6.45, 7) is 2.41. The molecule has 36 heavy (non-hydrogen) atoms. The Hall–Kier alpha value is -4.00. The number of primary amides is 1. The van der Waals surface area contributed by atoms with Gasteiger partial charge in [0.1, 0.15) is 12.4 Å². The maximum Gasteiger partial charge on any atom is 0.343 e. The molecular formula is C24H27N5O7. The van der Waals surface area contributed by atoms with Crippen molar-refractivity contribution < 1.29 is 29.7 Å². The van der Waals surface area contributed by atoms with Crippen molar-refractivity contribution >= 4 is 22.9 Å². The van der Waals surface area contributed by atoms with E-state index in [1.54, 1.807) is 29.7 Å². The SMILES string of the molecule is CC[C@@]1(O)C(=O)OCc2c1cc1n(c2=O)Cc2cc3c(CN(C)C)c(O)ccc3nc2-1.NC(=O)NO. The highest BCUT2D eigenvalue weighted by molar-refractivity contribution is 5.89. The average molecular weight is 498 g/mol. The van der Waals surface area contributed by atoms with Gasteiger partial charge in [0, 0.05) is 28.6 Å². The molecule has 1 aromatic carbocycles. The van der Waals surface area contributed by atoms with Crippen molar-refractivity contribution in [3.05, 3.63) is 56.9 Å². The van der Waals surface area contributed by atoms with E-state index in [4.69, 9.17) is 14.9 Å². The highest BCUT2D eigenvalue weighted by Crippen LogP contribution is 2.39. The number of esters is 1. The minimum absolute atomic E-state index is 0.104. The first-order valence-corrected chi connectivity index (χ1v) is 11.2. The molecule has 2 amide bonds. The number of nitrogens with two attached hydrogens (primary N) is 1. The number of aromatic hydroxyl groups is 1. The molecule has 0 radical (unpaired) electrons. The number of nitrogens with zero attached hydrogens (tertiary/aromatic N) is 3. The van der Waals surface area contributed by atoms with Crippen molar-refractivity contribution in [3.8, 4) is 17.1 Å². The maximum atomic E-state index is 13.2. The number of phenols is 1. The van der Waals surface area contributed by atoms with Crippen LogP contribution in [0.2, 0.25) is 0 Å². The minimum atomic E-state index is -1.84. The normalized spacial score (nSPS) is 17.6. The Labute approximate surface area is 205 Å². The molecule has 0 aliphatic carbocycles. The van der Waals surface area contributed by atoms with E-state index in [2.05, 4.69) is 5.73 Å². The number of amides is 2. The first-order valence-electron chi connectivity index (χ1n) is 11.2. The molecule has 0 saturated heterocycles. The molecule has 0 fully saturated rings. The molecule has 4 heterocycles. The van der Waals surface area contributed by atoms with Gasteiger partial charge < -0.3 is 30.2 Å². The molecule has 12 heteroatoms. The fourth-order valence-electron chi connectivity index (χ4n) is 4.58. The molecule has 0 bridgehead atoms. The lowest BCUT2D eigenvalue weighted by atomic mass is 9.86. The van der Waals surface area contributed by atoms with Gasteiger partial charge in [0.2, 0.25) is 0 Å². The minimum Gasteiger partial charge on any atom is -0.508 e. The van der Waals surface area contributed by atoms with Crippen LogP contribution in [0.4, 0.5) is 4.79 Å². The van der Waals surface area contributed by atoms with Gasteiger partial charge in [0.25, 0.3) is 5.56 Å². The molecule has 3 aromatic rings. The van der Waals surface area contributed by atoms with Crippen LogP contribution in [0.3, 0.4) is 0 Å². The maximum absolute atomic E-state index is 13.2. The third kappa shape index (κ3) is 4.04. The fraction of sp³-hybridized carbons (Fsp3) is 0.333. The van der Waals surface area contributed by atoms with Gasteiger partial charge in [-0.15, -0.1) is 0 Å². The van der Waals surface area contributed by atoms with Crippen molar-refractivity contribution in [2.45, 2.75) is 38.6 Å². The molecule has 12 nitrogen and oxygen atoms in total. The number of pyridine rings is 2. The van der Waals surface area contributed by atoms with E-state index in [1.807, 2.05) is 25.1 Å². The third-order valence-corrected chi connectivity index (χ3v) is 6.36. The number of hydrogen-bond donors (Lipinski definition) is 5. The summed E-state index contributed by atoms with van der Waals surface area (Å²) in [5.41, 5.74) is 7.49. The number of ether oxygens (including phenoxy) is 1. The monoisotopic (exact) mass is 497 g/mol. The highest BCUT2D eigenvalue weighted by Gasteiger charge is 2.45. The number of hydrogen-bond acceptors (Lipinski definition) is 9. The molecule has 5 rings (SSSR count). The number of fused-ring (bicyclic) bond motifs is 5. The summed E-state index contributed by atoms with van der Waals surface area (Å²) in [4.78, 5) is 41.5. The number of hydroxylamine groups is 1. The van der Waals surface area contributed by atoms with E-state index in [0.717, 1.165) is 16.5 Å². The lowest BCUT2D eigenvalue weighted by Gasteiger charge is -2.31. The van der Waals surface area contributed by atoms with Gasteiger partial charge >= 0.3 is 12.0 Å². The number of nitrogens with one attached hydrogen (secondary N) is 1. The zero-order valence-corrected chi connectivity index (χ0v) is 20.0. The molecule has 1 atom stereocenters. The Kier molecular flexibility index (Phi) is 6.43. The Balaban J connectivity index is 0.000000556. The number of phenolic OH excluding ortho intramolecular Hbond substituents is 1. The van der Waals surface area contributed by atoms with Gasteiger partial charge in [-0.2, -0.15) is 0 Å². The van der Waals surface area contributed by atoms with Gasteiger partial charge in [0.15, 0.2) is 5.60 Å². The quantitative estimate of drug-likeness (QED) is 0.156. The van der Waals surface area contributed by atoms with E-state index in [9.17, 15) is 24.6 Å². The van der Waals surface area contributed by atoms with Crippen LogP contribution in [0.1, 0.15) is 35.6 Å². The number of urea groups is 1.